The Morgan fingerprint density at radius 1 is 1.19 bits per heavy atom. The molecule has 4 heteroatoms. The van der Waals surface area contributed by atoms with Crippen molar-refractivity contribution in [2.24, 2.45) is 0 Å². The van der Waals surface area contributed by atoms with Gasteiger partial charge < -0.3 is 15.0 Å². The normalized spacial score (nSPS) is 10.4. The zero-order valence-corrected chi connectivity index (χ0v) is 10.9. The number of carbonyl (C=O) groups excluding carboxylic acids is 1. The van der Waals surface area contributed by atoms with E-state index in [0.717, 1.165) is 39.0 Å². The second-order valence-corrected chi connectivity index (χ2v) is 3.79. The molecule has 0 radical (unpaired) electrons. The fraction of sp³-hybridized carbons (Fsp3) is 0.917. The molecular weight excluding hydrogens is 204 g/mol. The van der Waals surface area contributed by atoms with Gasteiger partial charge in [-0.2, -0.15) is 0 Å². The maximum Gasteiger partial charge on any atom is 0.248 e. The lowest BCUT2D eigenvalue weighted by Crippen LogP contribution is -2.35. The first kappa shape index (κ1) is 15.4. The van der Waals surface area contributed by atoms with Gasteiger partial charge in [0.15, 0.2) is 0 Å². The van der Waals surface area contributed by atoms with Crippen molar-refractivity contribution in [2.45, 2.75) is 33.6 Å². The van der Waals surface area contributed by atoms with Gasteiger partial charge >= 0.3 is 0 Å². The number of carbonyl (C=O) groups is 1. The van der Waals surface area contributed by atoms with Gasteiger partial charge in [-0.3, -0.25) is 4.79 Å². The first-order valence-electron chi connectivity index (χ1n) is 6.32. The van der Waals surface area contributed by atoms with E-state index in [1.54, 1.807) is 0 Å². The van der Waals surface area contributed by atoms with Crippen molar-refractivity contribution < 1.29 is 9.53 Å². The summed E-state index contributed by atoms with van der Waals surface area (Å²) in [6.45, 7) is 10.5. The zero-order valence-electron chi connectivity index (χ0n) is 10.9. The van der Waals surface area contributed by atoms with Crippen LogP contribution in [0.15, 0.2) is 0 Å². The molecule has 0 aromatic carbocycles. The van der Waals surface area contributed by atoms with Gasteiger partial charge in [-0.15, -0.1) is 0 Å². The van der Waals surface area contributed by atoms with E-state index < -0.39 is 0 Å². The fourth-order valence-electron chi connectivity index (χ4n) is 1.47. The van der Waals surface area contributed by atoms with E-state index in [9.17, 15) is 4.79 Å². The predicted octanol–water partition coefficient (Wildman–Crippen LogP) is 1.26. The first-order chi connectivity index (χ1) is 7.76. The highest BCUT2D eigenvalue weighted by atomic mass is 16.5. The molecule has 96 valence electrons. The molecule has 0 heterocycles. The standard InChI is InChI=1S/C12H26N2O2/c1-4-8-14(9-5-2)12(15)11-16-10-7-13-6-3/h13H,4-11H2,1-3H3. The molecule has 1 N–H and O–H groups in total. The molecule has 0 saturated heterocycles. The molecule has 0 aromatic rings. The highest BCUT2D eigenvalue weighted by Crippen LogP contribution is 1.95. The smallest absolute Gasteiger partial charge is 0.248 e. The van der Waals surface area contributed by atoms with Crippen LogP contribution in [0.25, 0.3) is 0 Å². The monoisotopic (exact) mass is 230 g/mol. The Bertz CT molecular complexity index is 168. The van der Waals surface area contributed by atoms with Crippen LogP contribution in [-0.4, -0.2) is 50.2 Å². The lowest BCUT2D eigenvalue weighted by atomic mass is 10.3. The number of rotatable bonds is 10. The van der Waals surface area contributed by atoms with Crippen molar-refractivity contribution in [3.05, 3.63) is 0 Å². The maximum atomic E-state index is 11.7. The van der Waals surface area contributed by atoms with Gasteiger partial charge in [0.05, 0.1) is 6.61 Å². The Balaban J connectivity index is 3.65. The summed E-state index contributed by atoms with van der Waals surface area (Å²) in [5, 5.41) is 3.15. The van der Waals surface area contributed by atoms with Gasteiger partial charge in [0.2, 0.25) is 5.91 Å². The number of likely N-dealkylation sites (N-methyl/N-ethyl adjacent to an activating group) is 1. The molecular formula is C12H26N2O2. The maximum absolute atomic E-state index is 11.7. The molecule has 0 unspecified atom stereocenters. The Hall–Kier alpha value is -0.610. The average molecular weight is 230 g/mol. The summed E-state index contributed by atoms with van der Waals surface area (Å²) < 4.78 is 5.32. The highest BCUT2D eigenvalue weighted by Gasteiger charge is 2.10. The minimum atomic E-state index is 0.111. The molecule has 0 aliphatic carbocycles. The lowest BCUT2D eigenvalue weighted by Gasteiger charge is -2.21. The van der Waals surface area contributed by atoms with Gasteiger partial charge in [0.25, 0.3) is 0 Å². The highest BCUT2D eigenvalue weighted by molar-refractivity contribution is 5.77. The van der Waals surface area contributed by atoms with Gasteiger partial charge in [0, 0.05) is 19.6 Å². The minimum Gasteiger partial charge on any atom is -0.370 e. The van der Waals surface area contributed by atoms with Crippen LogP contribution in [-0.2, 0) is 9.53 Å². The molecule has 0 aliphatic heterocycles. The summed E-state index contributed by atoms with van der Waals surface area (Å²) in [7, 11) is 0. The molecule has 16 heavy (non-hydrogen) atoms. The van der Waals surface area contributed by atoms with E-state index >= 15 is 0 Å². The fourth-order valence-corrected chi connectivity index (χ4v) is 1.47. The number of hydrogen-bond donors (Lipinski definition) is 1. The topological polar surface area (TPSA) is 41.6 Å². The zero-order chi connectivity index (χ0) is 12.2. The molecule has 4 nitrogen and oxygen atoms in total. The van der Waals surface area contributed by atoms with Crippen LogP contribution in [0.5, 0.6) is 0 Å². The van der Waals surface area contributed by atoms with Crippen molar-refractivity contribution in [1.82, 2.24) is 10.2 Å². The Morgan fingerprint density at radius 2 is 1.81 bits per heavy atom. The third kappa shape index (κ3) is 7.65. The van der Waals surface area contributed by atoms with E-state index in [4.69, 9.17) is 4.74 Å². The van der Waals surface area contributed by atoms with E-state index in [1.807, 2.05) is 4.90 Å². The Labute approximate surface area is 99.3 Å². The molecule has 1 amide bonds. The Morgan fingerprint density at radius 3 is 2.31 bits per heavy atom. The summed E-state index contributed by atoms with van der Waals surface area (Å²) in [4.78, 5) is 13.6. The quantitative estimate of drug-likeness (QED) is 0.575. The summed E-state index contributed by atoms with van der Waals surface area (Å²) in [5.74, 6) is 0.111. The molecule has 0 fully saturated rings. The number of nitrogens with one attached hydrogen (secondary N) is 1. The Kier molecular flexibility index (Phi) is 10.5. The molecule has 0 aromatic heterocycles. The lowest BCUT2D eigenvalue weighted by molar-refractivity contribution is -0.136. The third-order valence-corrected chi connectivity index (χ3v) is 2.24. The number of ether oxygens (including phenoxy) is 1. The van der Waals surface area contributed by atoms with Crippen molar-refractivity contribution in [3.63, 3.8) is 0 Å². The molecule has 0 aliphatic rings. The van der Waals surface area contributed by atoms with Crippen LogP contribution in [0.4, 0.5) is 0 Å². The van der Waals surface area contributed by atoms with Crippen molar-refractivity contribution >= 4 is 5.91 Å². The van der Waals surface area contributed by atoms with E-state index in [0.29, 0.717) is 6.61 Å². The molecule has 0 saturated carbocycles. The summed E-state index contributed by atoms with van der Waals surface area (Å²) in [6, 6.07) is 0. The van der Waals surface area contributed by atoms with Gasteiger partial charge in [0.1, 0.15) is 6.61 Å². The minimum absolute atomic E-state index is 0.111. The SMILES string of the molecule is CCCN(CCC)C(=O)COCCNCC. The number of amides is 1. The van der Waals surface area contributed by atoms with Crippen LogP contribution in [0.3, 0.4) is 0 Å². The summed E-state index contributed by atoms with van der Waals surface area (Å²) >= 11 is 0. The third-order valence-electron chi connectivity index (χ3n) is 2.24. The van der Waals surface area contributed by atoms with E-state index in [1.165, 1.54) is 0 Å². The summed E-state index contributed by atoms with van der Waals surface area (Å²) in [6.07, 6.45) is 2.01. The van der Waals surface area contributed by atoms with Gasteiger partial charge in [-0.1, -0.05) is 20.8 Å². The predicted molar refractivity (Wildman–Crippen MR) is 66.5 cm³/mol. The van der Waals surface area contributed by atoms with Crippen molar-refractivity contribution in [2.75, 3.05) is 39.4 Å². The summed E-state index contributed by atoms with van der Waals surface area (Å²) in [5.41, 5.74) is 0. The largest absolute Gasteiger partial charge is 0.370 e. The van der Waals surface area contributed by atoms with E-state index in [-0.39, 0.29) is 12.5 Å². The van der Waals surface area contributed by atoms with Crippen LogP contribution in [0.2, 0.25) is 0 Å². The van der Waals surface area contributed by atoms with Crippen LogP contribution in [0, 0.1) is 0 Å². The molecule has 0 rings (SSSR count). The molecule has 0 bridgehead atoms. The molecule has 0 spiro atoms. The molecule has 0 atom stereocenters. The van der Waals surface area contributed by atoms with Crippen LogP contribution < -0.4 is 5.32 Å². The second kappa shape index (κ2) is 10.9. The van der Waals surface area contributed by atoms with Gasteiger partial charge in [-0.05, 0) is 19.4 Å². The second-order valence-electron chi connectivity index (χ2n) is 3.79. The number of hydrogen-bond acceptors (Lipinski definition) is 3. The number of nitrogens with zero attached hydrogens (tertiary/aromatic N) is 1. The van der Waals surface area contributed by atoms with E-state index in [2.05, 4.69) is 26.1 Å². The van der Waals surface area contributed by atoms with Crippen LogP contribution >= 0.6 is 0 Å². The average Bonchev–Trinajstić information content (AvgIpc) is 2.28. The van der Waals surface area contributed by atoms with Crippen LogP contribution in [0.1, 0.15) is 33.6 Å². The van der Waals surface area contributed by atoms with Crippen molar-refractivity contribution in [1.29, 1.82) is 0 Å². The van der Waals surface area contributed by atoms with Gasteiger partial charge in [-0.25, -0.2) is 0 Å². The first-order valence-corrected chi connectivity index (χ1v) is 6.32. The van der Waals surface area contributed by atoms with Crippen molar-refractivity contribution in [3.8, 4) is 0 Å².